The van der Waals surface area contributed by atoms with Gasteiger partial charge in [0.1, 0.15) is 0 Å². The zero-order chi connectivity index (χ0) is 16.8. The van der Waals surface area contributed by atoms with Crippen molar-refractivity contribution in [2.75, 3.05) is 0 Å². The number of hydrogen-bond donors (Lipinski definition) is 0. The Balaban J connectivity index is 0.00000102. The molecule has 22 heavy (non-hydrogen) atoms. The van der Waals surface area contributed by atoms with E-state index in [9.17, 15) is 0 Å². The summed E-state index contributed by atoms with van der Waals surface area (Å²) in [6, 6.07) is 16.2. The smallest absolute Gasteiger partial charge is 0.0249 e. The van der Waals surface area contributed by atoms with Crippen LogP contribution in [0.4, 0.5) is 0 Å². The van der Waals surface area contributed by atoms with Gasteiger partial charge < -0.3 is 0 Å². The van der Waals surface area contributed by atoms with Crippen molar-refractivity contribution >= 4 is 0 Å². The second kappa shape index (κ2) is 12.3. The minimum atomic E-state index is 1.01. The molecule has 0 aliphatic heterocycles. The zero-order valence-electron chi connectivity index (χ0n) is 14.6. The Morgan fingerprint density at radius 3 is 1.23 bits per heavy atom. The Hall–Kier alpha value is -2.44. The average molecular weight is 290 g/mol. The largest absolute Gasteiger partial charge is 0.101 e. The Morgan fingerprint density at radius 1 is 0.545 bits per heavy atom. The van der Waals surface area contributed by atoms with E-state index in [2.05, 4.69) is 42.7 Å². The third kappa shape index (κ3) is 7.37. The molecule has 0 unspecified atom stereocenters. The third-order valence-corrected chi connectivity index (χ3v) is 2.56. The molecule has 0 saturated carbocycles. The molecule has 0 nitrogen and oxygen atoms in total. The number of hydrogen-bond acceptors (Lipinski definition) is 0. The normalized spacial score (nSPS) is 7.73. The second-order valence-corrected chi connectivity index (χ2v) is 4.07. The number of aryl methyl sites for hydroxylation is 1. The van der Waals surface area contributed by atoms with Crippen LogP contribution in [0.5, 0.6) is 0 Å². The molecule has 0 aliphatic carbocycles. The summed E-state index contributed by atoms with van der Waals surface area (Å²) >= 11 is 0. The lowest BCUT2D eigenvalue weighted by Gasteiger charge is -1.93. The Bertz CT molecular complexity index is 636. The van der Waals surface area contributed by atoms with Crippen LogP contribution >= 0.6 is 0 Å². The van der Waals surface area contributed by atoms with Crippen LogP contribution in [0.15, 0.2) is 48.5 Å². The van der Waals surface area contributed by atoms with E-state index < -0.39 is 0 Å². The van der Waals surface area contributed by atoms with Crippen LogP contribution in [0.25, 0.3) is 0 Å². The highest BCUT2D eigenvalue weighted by Crippen LogP contribution is 2.04. The monoisotopic (exact) mass is 290 g/mol. The summed E-state index contributed by atoms with van der Waals surface area (Å²) in [5.41, 5.74) is 4.33. The first kappa shape index (κ1) is 19.6. The standard InChI is InChI=1S/C18H14.2C2H6/c1-3-4-16-9-11-18(12-10-16)14-13-17-7-5-15(2)6-8-17;2*1-2/h5-12H,1-2H3;2*1-2H3. The molecule has 0 radical (unpaired) electrons. The van der Waals surface area contributed by atoms with E-state index in [-0.39, 0.29) is 0 Å². The van der Waals surface area contributed by atoms with Gasteiger partial charge in [-0.25, -0.2) is 0 Å². The number of benzene rings is 2. The summed E-state index contributed by atoms with van der Waals surface area (Å²) in [7, 11) is 0. The fourth-order valence-corrected chi connectivity index (χ4v) is 1.56. The van der Waals surface area contributed by atoms with Crippen molar-refractivity contribution in [3.63, 3.8) is 0 Å². The quantitative estimate of drug-likeness (QED) is 0.536. The predicted molar refractivity (Wildman–Crippen MR) is 98.8 cm³/mol. The van der Waals surface area contributed by atoms with E-state index in [4.69, 9.17) is 0 Å². The summed E-state index contributed by atoms with van der Waals surface area (Å²) in [4.78, 5) is 0. The molecular weight excluding hydrogens is 264 g/mol. The Morgan fingerprint density at radius 2 is 0.864 bits per heavy atom. The van der Waals surface area contributed by atoms with Crippen molar-refractivity contribution < 1.29 is 0 Å². The van der Waals surface area contributed by atoms with Crippen LogP contribution < -0.4 is 0 Å². The molecule has 0 fully saturated rings. The lowest BCUT2D eigenvalue weighted by Crippen LogP contribution is -1.78. The highest BCUT2D eigenvalue weighted by molar-refractivity contribution is 5.45. The molecule has 0 atom stereocenters. The highest BCUT2D eigenvalue weighted by Gasteiger charge is 1.89. The van der Waals surface area contributed by atoms with Crippen molar-refractivity contribution in [3.05, 3.63) is 70.8 Å². The molecular formula is C22H26. The molecule has 0 saturated heterocycles. The van der Waals surface area contributed by atoms with Gasteiger partial charge in [0.05, 0.1) is 0 Å². The summed E-state index contributed by atoms with van der Waals surface area (Å²) in [6.45, 7) is 11.9. The first-order valence-electron chi connectivity index (χ1n) is 7.89. The Labute approximate surface area is 136 Å². The molecule has 2 aromatic carbocycles. The van der Waals surface area contributed by atoms with Crippen molar-refractivity contribution in [3.8, 4) is 23.7 Å². The first-order valence-corrected chi connectivity index (χ1v) is 7.89. The van der Waals surface area contributed by atoms with Crippen LogP contribution in [-0.4, -0.2) is 0 Å². The highest BCUT2D eigenvalue weighted by atomic mass is 13.9. The van der Waals surface area contributed by atoms with Gasteiger partial charge in [0.15, 0.2) is 0 Å². The van der Waals surface area contributed by atoms with Gasteiger partial charge in [0, 0.05) is 16.7 Å². The first-order chi connectivity index (χ1) is 10.8. The van der Waals surface area contributed by atoms with Crippen molar-refractivity contribution in [1.29, 1.82) is 0 Å². The zero-order valence-corrected chi connectivity index (χ0v) is 14.6. The molecule has 0 aliphatic rings. The van der Waals surface area contributed by atoms with Crippen molar-refractivity contribution in [1.82, 2.24) is 0 Å². The van der Waals surface area contributed by atoms with Gasteiger partial charge in [0.2, 0.25) is 0 Å². The van der Waals surface area contributed by atoms with E-state index in [1.165, 1.54) is 5.56 Å². The van der Waals surface area contributed by atoms with Gasteiger partial charge in [-0.2, -0.15) is 0 Å². The van der Waals surface area contributed by atoms with Crippen LogP contribution in [-0.2, 0) is 0 Å². The number of rotatable bonds is 0. The van der Waals surface area contributed by atoms with E-state index in [1.54, 1.807) is 0 Å². The fraction of sp³-hybridized carbons (Fsp3) is 0.273. The van der Waals surface area contributed by atoms with Gasteiger partial charge >= 0.3 is 0 Å². The molecule has 0 spiro atoms. The molecule has 0 aromatic heterocycles. The molecule has 0 bridgehead atoms. The van der Waals surface area contributed by atoms with Crippen LogP contribution in [0.3, 0.4) is 0 Å². The van der Waals surface area contributed by atoms with Crippen LogP contribution in [0, 0.1) is 30.6 Å². The molecule has 0 heteroatoms. The minimum Gasteiger partial charge on any atom is -0.101 e. The van der Waals surface area contributed by atoms with Gasteiger partial charge in [-0.3, -0.25) is 0 Å². The average Bonchev–Trinajstić information content (AvgIpc) is 2.60. The van der Waals surface area contributed by atoms with Crippen molar-refractivity contribution in [2.45, 2.75) is 41.5 Å². The summed E-state index contributed by atoms with van der Waals surface area (Å²) in [5.74, 6) is 12.2. The minimum absolute atomic E-state index is 1.01. The van der Waals surface area contributed by atoms with Crippen LogP contribution in [0.1, 0.15) is 56.9 Å². The molecule has 2 rings (SSSR count). The van der Waals surface area contributed by atoms with E-state index in [0.29, 0.717) is 0 Å². The maximum Gasteiger partial charge on any atom is 0.0249 e. The van der Waals surface area contributed by atoms with E-state index in [1.807, 2.05) is 71.0 Å². The second-order valence-electron chi connectivity index (χ2n) is 4.07. The molecule has 0 heterocycles. The summed E-state index contributed by atoms with van der Waals surface area (Å²) in [5, 5.41) is 0. The predicted octanol–water partition coefficient (Wildman–Crippen LogP) is 5.82. The van der Waals surface area contributed by atoms with Gasteiger partial charge in [-0.15, -0.1) is 5.92 Å². The molecule has 0 amide bonds. The maximum atomic E-state index is 3.15. The summed E-state index contributed by atoms with van der Waals surface area (Å²) < 4.78 is 0. The van der Waals surface area contributed by atoms with Gasteiger partial charge in [-0.05, 0) is 50.2 Å². The maximum absolute atomic E-state index is 3.15. The fourth-order valence-electron chi connectivity index (χ4n) is 1.56. The van der Waals surface area contributed by atoms with E-state index in [0.717, 1.165) is 16.7 Å². The topological polar surface area (TPSA) is 0 Å². The van der Waals surface area contributed by atoms with Crippen molar-refractivity contribution in [2.24, 2.45) is 0 Å². The lowest BCUT2D eigenvalue weighted by atomic mass is 10.1. The van der Waals surface area contributed by atoms with E-state index >= 15 is 0 Å². The molecule has 2 aromatic rings. The lowest BCUT2D eigenvalue weighted by molar-refractivity contribution is 1.46. The summed E-state index contributed by atoms with van der Waals surface area (Å²) in [6.07, 6.45) is 0. The molecule has 114 valence electrons. The van der Waals surface area contributed by atoms with Gasteiger partial charge in [-0.1, -0.05) is 63.2 Å². The van der Waals surface area contributed by atoms with Crippen LogP contribution in [0.2, 0.25) is 0 Å². The SMILES string of the molecule is CC.CC.CC#Cc1ccc(C#Cc2ccc(C)cc2)cc1. The van der Waals surface area contributed by atoms with Gasteiger partial charge in [0.25, 0.3) is 0 Å². The third-order valence-electron chi connectivity index (χ3n) is 2.56. The Kier molecular flexibility index (Phi) is 10.9. The molecule has 0 N–H and O–H groups in total.